The number of allylic oxidation sites excluding steroid dienone is 4. The molecule has 0 aliphatic heterocycles. The van der Waals surface area contributed by atoms with E-state index in [1.165, 1.54) is 18.4 Å². The summed E-state index contributed by atoms with van der Waals surface area (Å²) in [6, 6.07) is 6.88. The van der Waals surface area contributed by atoms with E-state index < -0.39 is 0 Å². The second kappa shape index (κ2) is 5.98. The molecular formula is C25H26O. The van der Waals surface area contributed by atoms with Gasteiger partial charge in [0.25, 0.3) is 0 Å². The molecule has 4 aliphatic carbocycles. The Morgan fingerprint density at radius 1 is 1.08 bits per heavy atom. The third-order valence-corrected chi connectivity index (χ3v) is 7.57. The number of rotatable bonds is 0. The molecule has 1 nitrogen and oxygen atoms in total. The highest BCUT2D eigenvalue weighted by molar-refractivity contribution is 5.87. The minimum Gasteiger partial charge on any atom is -0.299 e. The standard InChI is InChI=1S/C25H26O/c1-25-15-14-21-20-10-8-18(7-6-17-4-2-3-5-17)16-19(20)9-11-22(21)23(25)12-13-24(25)26/h2-5,8,10,16-17,21-23H,9,11-15H2,1H3/t21-,22-,23+,25+/m1/s1. The molecule has 1 aromatic rings. The summed E-state index contributed by atoms with van der Waals surface area (Å²) in [5.41, 5.74) is 4.18. The summed E-state index contributed by atoms with van der Waals surface area (Å²) in [6.45, 7) is 2.25. The van der Waals surface area contributed by atoms with E-state index in [4.69, 9.17) is 0 Å². The molecule has 0 unspecified atom stereocenters. The van der Waals surface area contributed by atoms with Crippen molar-refractivity contribution in [1.82, 2.24) is 0 Å². The summed E-state index contributed by atoms with van der Waals surface area (Å²) in [4.78, 5) is 12.5. The van der Waals surface area contributed by atoms with E-state index >= 15 is 0 Å². The van der Waals surface area contributed by atoms with Crippen LogP contribution in [0.25, 0.3) is 0 Å². The number of fused-ring (bicyclic) bond motifs is 5. The maximum absolute atomic E-state index is 12.5. The van der Waals surface area contributed by atoms with Crippen LogP contribution in [0.4, 0.5) is 0 Å². The Balaban J connectivity index is 1.42. The predicted octanol–water partition coefficient (Wildman–Crippen LogP) is 5.21. The summed E-state index contributed by atoms with van der Waals surface area (Å²) >= 11 is 0. The highest BCUT2D eigenvalue weighted by atomic mass is 16.1. The van der Waals surface area contributed by atoms with E-state index in [-0.39, 0.29) is 11.3 Å². The fourth-order valence-electron chi connectivity index (χ4n) is 6.13. The van der Waals surface area contributed by atoms with Gasteiger partial charge in [-0.25, -0.2) is 0 Å². The number of benzene rings is 1. The van der Waals surface area contributed by atoms with E-state index in [1.807, 2.05) is 0 Å². The van der Waals surface area contributed by atoms with Gasteiger partial charge in [-0.2, -0.15) is 0 Å². The lowest BCUT2D eigenvalue weighted by atomic mass is 9.55. The van der Waals surface area contributed by atoms with Crippen molar-refractivity contribution in [3.05, 3.63) is 59.2 Å². The summed E-state index contributed by atoms with van der Waals surface area (Å²) in [5.74, 6) is 9.48. The van der Waals surface area contributed by atoms with Gasteiger partial charge in [-0.15, -0.1) is 0 Å². The summed E-state index contributed by atoms with van der Waals surface area (Å²) in [5, 5.41) is 0. The van der Waals surface area contributed by atoms with E-state index in [0.717, 1.165) is 31.2 Å². The van der Waals surface area contributed by atoms with Gasteiger partial charge in [0.1, 0.15) is 5.78 Å². The van der Waals surface area contributed by atoms with Gasteiger partial charge < -0.3 is 0 Å². The minimum atomic E-state index is -0.0214. The number of Topliss-reactive ketones (excluding diaryl/α,β-unsaturated/α-hetero) is 1. The molecule has 0 spiro atoms. The zero-order valence-electron chi connectivity index (χ0n) is 15.5. The largest absolute Gasteiger partial charge is 0.299 e. The maximum Gasteiger partial charge on any atom is 0.139 e. The zero-order valence-corrected chi connectivity index (χ0v) is 15.5. The normalized spacial score (nSPS) is 34.8. The minimum absolute atomic E-state index is 0.0214. The van der Waals surface area contributed by atoms with Crippen molar-refractivity contribution in [2.75, 3.05) is 0 Å². The summed E-state index contributed by atoms with van der Waals surface area (Å²) < 4.78 is 0. The molecule has 0 radical (unpaired) electrons. The van der Waals surface area contributed by atoms with Crippen LogP contribution < -0.4 is 0 Å². The molecule has 1 heteroatoms. The molecule has 0 heterocycles. The monoisotopic (exact) mass is 342 g/mol. The first-order chi connectivity index (χ1) is 12.6. The van der Waals surface area contributed by atoms with Gasteiger partial charge in [0.05, 0.1) is 5.92 Å². The van der Waals surface area contributed by atoms with Crippen molar-refractivity contribution < 1.29 is 4.79 Å². The second-order valence-corrected chi connectivity index (χ2v) is 8.81. The van der Waals surface area contributed by atoms with Gasteiger partial charge in [0, 0.05) is 17.4 Å². The number of hydrogen-bond donors (Lipinski definition) is 0. The van der Waals surface area contributed by atoms with Gasteiger partial charge in [0.15, 0.2) is 0 Å². The lowest BCUT2D eigenvalue weighted by molar-refractivity contribution is -0.129. The van der Waals surface area contributed by atoms with Crippen LogP contribution in [-0.2, 0) is 11.2 Å². The Kier molecular flexibility index (Phi) is 3.71. The first-order valence-corrected chi connectivity index (χ1v) is 10.2. The van der Waals surface area contributed by atoms with Crippen LogP contribution in [0, 0.1) is 35.0 Å². The van der Waals surface area contributed by atoms with Gasteiger partial charge in [-0.05, 0) is 73.1 Å². The highest BCUT2D eigenvalue weighted by Crippen LogP contribution is 2.59. The van der Waals surface area contributed by atoms with Crippen LogP contribution in [0.2, 0.25) is 0 Å². The molecule has 0 amide bonds. The lowest BCUT2D eigenvalue weighted by Gasteiger charge is -2.48. The van der Waals surface area contributed by atoms with Crippen LogP contribution >= 0.6 is 0 Å². The third-order valence-electron chi connectivity index (χ3n) is 7.57. The van der Waals surface area contributed by atoms with E-state index in [2.05, 4.69) is 61.3 Å². The molecule has 0 bridgehead atoms. The maximum atomic E-state index is 12.5. The second-order valence-electron chi connectivity index (χ2n) is 8.81. The average Bonchev–Trinajstić information content (AvgIpc) is 3.28. The fraction of sp³-hybridized carbons (Fsp3) is 0.480. The van der Waals surface area contributed by atoms with Crippen LogP contribution in [0.5, 0.6) is 0 Å². The first-order valence-electron chi connectivity index (χ1n) is 10.2. The number of carbonyl (C=O) groups is 1. The topological polar surface area (TPSA) is 17.1 Å². The molecule has 4 atom stereocenters. The third kappa shape index (κ3) is 2.43. The van der Waals surface area contributed by atoms with E-state index in [0.29, 0.717) is 23.5 Å². The molecule has 2 saturated carbocycles. The Morgan fingerprint density at radius 3 is 2.77 bits per heavy atom. The molecule has 132 valence electrons. The predicted molar refractivity (Wildman–Crippen MR) is 105 cm³/mol. The first kappa shape index (κ1) is 16.1. The van der Waals surface area contributed by atoms with Crippen LogP contribution in [0.1, 0.15) is 61.6 Å². The summed E-state index contributed by atoms with van der Waals surface area (Å²) in [7, 11) is 0. The Hall–Kier alpha value is -2.07. The van der Waals surface area contributed by atoms with E-state index in [1.54, 1.807) is 5.56 Å². The zero-order chi connectivity index (χ0) is 17.7. The Morgan fingerprint density at radius 2 is 1.92 bits per heavy atom. The van der Waals surface area contributed by atoms with Gasteiger partial charge in [-0.3, -0.25) is 4.79 Å². The van der Waals surface area contributed by atoms with Crippen molar-refractivity contribution in [2.45, 2.75) is 51.4 Å². The Bertz CT molecular complexity index is 865. The van der Waals surface area contributed by atoms with Gasteiger partial charge in [0.2, 0.25) is 0 Å². The quantitative estimate of drug-likeness (QED) is 0.592. The van der Waals surface area contributed by atoms with Crippen LogP contribution in [0.3, 0.4) is 0 Å². The molecule has 5 rings (SSSR count). The van der Waals surface area contributed by atoms with Crippen molar-refractivity contribution in [2.24, 2.45) is 23.2 Å². The van der Waals surface area contributed by atoms with Crippen LogP contribution in [0.15, 0.2) is 42.5 Å². The summed E-state index contributed by atoms with van der Waals surface area (Å²) in [6.07, 6.45) is 15.0. The van der Waals surface area contributed by atoms with Gasteiger partial charge in [-0.1, -0.05) is 49.1 Å². The molecule has 4 aliphatic rings. The highest BCUT2D eigenvalue weighted by Gasteiger charge is 2.54. The lowest BCUT2D eigenvalue weighted by Crippen LogP contribution is -2.42. The molecule has 0 saturated heterocycles. The molecule has 26 heavy (non-hydrogen) atoms. The van der Waals surface area contributed by atoms with E-state index in [9.17, 15) is 4.79 Å². The smallest absolute Gasteiger partial charge is 0.139 e. The molecule has 2 fully saturated rings. The van der Waals surface area contributed by atoms with Crippen LogP contribution in [-0.4, -0.2) is 5.78 Å². The number of aryl methyl sites for hydroxylation is 1. The molecule has 0 N–H and O–H groups in total. The average molecular weight is 342 g/mol. The van der Waals surface area contributed by atoms with Crippen molar-refractivity contribution in [3.63, 3.8) is 0 Å². The fourth-order valence-corrected chi connectivity index (χ4v) is 6.13. The van der Waals surface area contributed by atoms with Gasteiger partial charge >= 0.3 is 0 Å². The number of hydrogen-bond acceptors (Lipinski definition) is 1. The molecular weight excluding hydrogens is 316 g/mol. The number of carbonyl (C=O) groups excluding carboxylic acids is 1. The number of ketones is 1. The van der Waals surface area contributed by atoms with Crippen molar-refractivity contribution in [3.8, 4) is 11.8 Å². The molecule has 0 aromatic heterocycles. The Labute approximate surface area is 156 Å². The van der Waals surface area contributed by atoms with Crippen molar-refractivity contribution in [1.29, 1.82) is 0 Å². The van der Waals surface area contributed by atoms with Crippen molar-refractivity contribution >= 4 is 5.78 Å². The SMILES string of the molecule is C[C@]12CC[C@@H]3c4ccc(C#CC5C=CC=C5)cc4CC[C@H]3[C@@H]1CCC2=O. The molecule has 1 aromatic carbocycles.